The van der Waals surface area contributed by atoms with Gasteiger partial charge in [-0.15, -0.1) is 0 Å². The van der Waals surface area contributed by atoms with E-state index in [9.17, 15) is 18.0 Å². The molecular weight excluding hydrogens is 407 g/mol. The summed E-state index contributed by atoms with van der Waals surface area (Å²) in [6, 6.07) is 13.5. The number of alkyl halides is 3. The van der Waals surface area contributed by atoms with E-state index in [0.29, 0.717) is 19.6 Å². The molecule has 3 aromatic rings. The van der Waals surface area contributed by atoms with Gasteiger partial charge in [0.05, 0.1) is 11.4 Å². The topological polar surface area (TPSA) is 76.2 Å². The molecule has 3 N–H and O–H groups in total. The number of anilines is 3. The molecule has 2 heterocycles. The maximum absolute atomic E-state index is 12.8. The minimum atomic E-state index is -4.10. The Hall–Kier alpha value is -3.23. The first-order valence-corrected chi connectivity index (χ1v) is 10.2. The van der Waals surface area contributed by atoms with E-state index in [4.69, 9.17) is 5.73 Å². The molecule has 1 aromatic heterocycles. The van der Waals surface area contributed by atoms with E-state index in [-0.39, 0.29) is 25.2 Å². The van der Waals surface area contributed by atoms with Crippen LogP contribution in [0, 0.1) is 5.92 Å². The molecule has 0 radical (unpaired) electrons. The molecule has 0 saturated carbocycles. The fourth-order valence-corrected chi connectivity index (χ4v) is 3.88. The zero-order chi connectivity index (χ0) is 22.0. The third-order valence-corrected chi connectivity index (χ3v) is 5.62. The van der Waals surface area contributed by atoms with Crippen LogP contribution in [0.3, 0.4) is 0 Å². The van der Waals surface area contributed by atoms with Crippen molar-refractivity contribution in [3.8, 4) is 0 Å². The van der Waals surface area contributed by atoms with Gasteiger partial charge in [-0.25, -0.2) is 0 Å². The first-order valence-electron chi connectivity index (χ1n) is 10.2. The standard InChI is InChI=1S/C22H24F3N5O/c23-22(24,25)16-7-10-29(11-8-16)19-4-1-17(2-5-19)27-18-3-6-20-15(13-18)14-30(28-20)12-9-21(26)31/h1-6,13-14,16,27H,7-12H2,(H2,26,31). The average molecular weight is 431 g/mol. The van der Waals surface area contributed by atoms with Gasteiger partial charge < -0.3 is 16.0 Å². The van der Waals surface area contributed by atoms with Crippen LogP contribution in [0.4, 0.5) is 30.2 Å². The van der Waals surface area contributed by atoms with Crippen molar-refractivity contribution in [3.63, 3.8) is 0 Å². The molecule has 1 aliphatic rings. The van der Waals surface area contributed by atoms with Crippen LogP contribution in [0.1, 0.15) is 19.3 Å². The molecule has 1 fully saturated rings. The van der Waals surface area contributed by atoms with Crippen molar-refractivity contribution in [2.75, 3.05) is 23.3 Å². The van der Waals surface area contributed by atoms with Crippen molar-refractivity contribution in [2.24, 2.45) is 11.7 Å². The van der Waals surface area contributed by atoms with E-state index in [2.05, 4.69) is 10.4 Å². The Balaban J connectivity index is 1.38. The summed E-state index contributed by atoms with van der Waals surface area (Å²) >= 11 is 0. The highest BCUT2D eigenvalue weighted by atomic mass is 19.4. The number of hydrogen-bond acceptors (Lipinski definition) is 4. The van der Waals surface area contributed by atoms with Gasteiger partial charge in [0.15, 0.2) is 0 Å². The summed E-state index contributed by atoms with van der Waals surface area (Å²) in [5.74, 6) is -1.56. The van der Waals surface area contributed by atoms with Crippen molar-refractivity contribution >= 4 is 33.9 Å². The van der Waals surface area contributed by atoms with Crippen LogP contribution < -0.4 is 16.0 Å². The highest BCUT2D eigenvalue weighted by Gasteiger charge is 2.41. The second kappa shape index (κ2) is 8.49. The van der Waals surface area contributed by atoms with Gasteiger partial charge in [0, 0.05) is 54.7 Å². The molecule has 1 aliphatic heterocycles. The van der Waals surface area contributed by atoms with Gasteiger partial charge in [0.2, 0.25) is 5.91 Å². The lowest BCUT2D eigenvalue weighted by molar-refractivity contribution is -0.179. The number of nitrogens with two attached hydrogens (primary N) is 1. The zero-order valence-corrected chi connectivity index (χ0v) is 16.9. The maximum Gasteiger partial charge on any atom is 0.391 e. The molecular formula is C22H24F3N5O. The first kappa shape index (κ1) is 21.0. The number of nitrogens with zero attached hydrogens (tertiary/aromatic N) is 3. The number of nitrogens with one attached hydrogen (secondary N) is 1. The van der Waals surface area contributed by atoms with Crippen molar-refractivity contribution in [1.82, 2.24) is 9.78 Å². The minimum absolute atomic E-state index is 0.136. The number of halogens is 3. The quantitative estimate of drug-likeness (QED) is 0.605. The Kier molecular flexibility index (Phi) is 5.75. The first-order chi connectivity index (χ1) is 14.8. The van der Waals surface area contributed by atoms with Crippen molar-refractivity contribution < 1.29 is 18.0 Å². The summed E-state index contributed by atoms with van der Waals surface area (Å²) in [5, 5.41) is 8.70. The molecule has 0 atom stereocenters. The van der Waals surface area contributed by atoms with E-state index in [0.717, 1.165) is 28.0 Å². The molecule has 0 spiro atoms. The van der Waals surface area contributed by atoms with Crippen LogP contribution in [0.15, 0.2) is 48.7 Å². The van der Waals surface area contributed by atoms with E-state index < -0.39 is 12.1 Å². The Labute approximate surface area is 177 Å². The fourth-order valence-electron chi connectivity index (χ4n) is 3.88. The number of amides is 1. The molecule has 0 bridgehead atoms. The van der Waals surface area contributed by atoms with E-state index in [1.54, 1.807) is 4.68 Å². The van der Waals surface area contributed by atoms with E-state index in [1.165, 1.54) is 0 Å². The highest BCUT2D eigenvalue weighted by Crippen LogP contribution is 2.35. The van der Waals surface area contributed by atoms with Gasteiger partial charge in [0.1, 0.15) is 0 Å². The Morgan fingerprint density at radius 1 is 1.10 bits per heavy atom. The molecule has 2 aromatic carbocycles. The van der Waals surface area contributed by atoms with E-state index in [1.807, 2.05) is 53.6 Å². The van der Waals surface area contributed by atoms with Gasteiger partial charge in [-0.1, -0.05) is 0 Å². The SMILES string of the molecule is NC(=O)CCn1cc2cc(Nc3ccc(N4CCC(C(F)(F)F)CC4)cc3)ccc2n1. The number of rotatable bonds is 6. The second-order valence-electron chi connectivity index (χ2n) is 7.86. The third-order valence-electron chi connectivity index (χ3n) is 5.62. The summed E-state index contributed by atoms with van der Waals surface area (Å²) < 4.78 is 40.3. The van der Waals surface area contributed by atoms with Crippen molar-refractivity contribution in [3.05, 3.63) is 48.7 Å². The van der Waals surface area contributed by atoms with Crippen LogP contribution >= 0.6 is 0 Å². The molecule has 0 aliphatic carbocycles. The molecule has 1 amide bonds. The smallest absolute Gasteiger partial charge is 0.372 e. The monoisotopic (exact) mass is 431 g/mol. The Morgan fingerprint density at radius 3 is 2.42 bits per heavy atom. The Bertz CT molecular complexity index is 1050. The number of carbonyl (C=O) groups is 1. The van der Waals surface area contributed by atoms with Crippen LogP contribution in [0.2, 0.25) is 0 Å². The predicted molar refractivity (Wildman–Crippen MR) is 114 cm³/mol. The highest BCUT2D eigenvalue weighted by molar-refractivity contribution is 5.83. The number of benzene rings is 2. The predicted octanol–water partition coefficient (Wildman–Crippen LogP) is 4.43. The molecule has 164 valence electrons. The normalized spacial score (nSPS) is 15.4. The van der Waals surface area contributed by atoms with Crippen molar-refractivity contribution in [2.45, 2.75) is 32.0 Å². The number of fused-ring (bicyclic) bond motifs is 1. The fraction of sp³-hybridized carbons (Fsp3) is 0.364. The van der Waals surface area contributed by atoms with Crippen molar-refractivity contribution in [1.29, 1.82) is 0 Å². The molecule has 0 unspecified atom stereocenters. The van der Waals surface area contributed by atoms with Gasteiger partial charge in [0.25, 0.3) is 0 Å². The molecule has 9 heteroatoms. The number of hydrogen-bond donors (Lipinski definition) is 2. The van der Waals surface area contributed by atoms with E-state index >= 15 is 0 Å². The van der Waals surface area contributed by atoms with Crippen LogP contribution in [-0.2, 0) is 11.3 Å². The third kappa shape index (κ3) is 5.10. The number of aromatic nitrogens is 2. The number of primary amides is 1. The lowest BCUT2D eigenvalue weighted by Crippen LogP contribution is -2.38. The Morgan fingerprint density at radius 2 is 1.77 bits per heavy atom. The lowest BCUT2D eigenvalue weighted by atomic mass is 9.96. The van der Waals surface area contributed by atoms with Crippen LogP contribution in [-0.4, -0.2) is 35.0 Å². The molecule has 4 rings (SSSR count). The van der Waals surface area contributed by atoms with Gasteiger partial charge in [-0.2, -0.15) is 18.3 Å². The molecule has 1 saturated heterocycles. The molecule has 31 heavy (non-hydrogen) atoms. The summed E-state index contributed by atoms with van der Waals surface area (Å²) in [6.07, 6.45) is -1.72. The van der Waals surface area contributed by atoms with Gasteiger partial charge in [-0.05, 0) is 55.3 Å². The van der Waals surface area contributed by atoms with Gasteiger partial charge in [-0.3, -0.25) is 9.48 Å². The summed E-state index contributed by atoms with van der Waals surface area (Å²) in [4.78, 5) is 12.9. The van der Waals surface area contributed by atoms with Crippen LogP contribution in [0.5, 0.6) is 0 Å². The minimum Gasteiger partial charge on any atom is -0.372 e. The number of carbonyl (C=O) groups excluding carboxylic acids is 1. The van der Waals surface area contributed by atoms with Gasteiger partial charge >= 0.3 is 6.18 Å². The van der Waals surface area contributed by atoms with Crippen LogP contribution in [0.25, 0.3) is 10.9 Å². The maximum atomic E-state index is 12.8. The summed E-state index contributed by atoms with van der Waals surface area (Å²) in [5.41, 5.74) is 8.72. The largest absolute Gasteiger partial charge is 0.391 e. The second-order valence-corrected chi connectivity index (χ2v) is 7.86. The molecule has 6 nitrogen and oxygen atoms in total. The number of aryl methyl sites for hydroxylation is 1. The average Bonchev–Trinajstić information content (AvgIpc) is 3.15. The number of piperidine rings is 1. The zero-order valence-electron chi connectivity index (χ0n) is 16.9. The summed E-state index contributed by atoms with van der Waals surface area (Å²) in [6.45, 7) is 1.26. The summed E-state index contributed by atoms with van der Waals surface area (Å²) in [7, 11) is 0. The lowest BCUT2D eigenvalue weighted by Gasteiger charge is -2.34.